The molecule has 1 atom stereocenters. The Morgan fingerprint density at radius 3 is 2.63 bits per heavy atom. The maximum absolute atomic E-state index is 9.71. The van der Waals surface area contributed by atoms with Crippen molar-refractivity contribution < 1.29 is 9.84 Å². The van der Waals surface area contributed by atoms with Crippen LogP contribution in [0, 0.1) is 6.92 Å². The lowest BCUT2D eigenvalue weighted by atomic mass is 10.1. The van der Waals surface area contributed by atoms with E-state index in [4.69, 9.17) is 4.74 Å². The molecule has 0 heterocycles. The highest BCUT2D eigenvalue weighted by Crippen LogP contribution is 2.26. The normalized spacial score (nSPS) is 11.9. The maximum Gasteiger partial charge on any atom is 0.120 e. The van der Waals surface area contributed by atoms with Crippen molar-refractivity contribution in [2.75, 3.05) is 12.4 Å². The molecule has 0 saturated heterocycles. The first-order valence-corrected chi connectivity index (χ1v) is 6.30. The number of hydrogen-bond donors (Lipinski definition) is 2. The molecular weight excluding hydrogens is 238 g/mol. The molecule has 0 aliphatic heterocycles. The Hall–Kier alpha value is -2.16. The number of aryl methyl sites for hydroxylation is 1. The minimum atomic E-state index is 0.136. The van der Waals surface area contributed by atoms with Crippen molar-refractivity contribution >= 4 is 5.69 Å². The van der Waals surface area contributed by atoms with Crippen LogP contribution < -0.4 is 10.1 Å². The zero-order valence-electron chi connectivity index (χ0n) is 11.5. The van der Waals surface area contributed by atoms with Crippen molar-refractivity contribution in [2.45, 2.75) is 19.9 Å². The molecule has 0 bridgehead atoms. The maximum atomic E-state index is 9.71. The van der Waals surface area contributed by atoms with E-state index >= 15 is 0 Å². The molecule has 0 fully saturated rings. The fourth-order valence-electron chi connectivity index (χ4n) is 1.94. The molecule has 2 aromatic rings. The highest BCUT2D eigenvalue weighted by Gasteiger charge is 2.07. The molecule has 0 amide bonds. The van der Waals surface area contributed by atoms with E-state index < -0.39 is 0 Å². The van der Waals surface area contributed by atoms with E-state index in [9.17, 15) is 5.11 Å². The number of anilines is 1. The van der Waals surface area contributed by atoms with Crippen LogP contribution in [0.1, 0.15) is 24.1 Å². The van der Waals surface area contributed by atoms with Crippen molar-refractivity contribution in [3.63, 3.8) is 0 Å². The number of ether oxygens (including phenoxy) is 1. The largest absolute Gasteiger partial charge is 0.508 e. The van der Waals surface area contributed by atoms with Crippen LogP contribution in [-0.2, 0) is 0 Å². The van der Waals surface area contributed by atoms with Crippen molar-refractivity contribution in [3.05, 3.63) is 53.6 Å². The van der Waals surface area contributed by atoms with Crippen LogP contribution in [-0.4, -0.2) is 12.2 Å². The second-order valence-electron chi connectivity index (χ2n) is 4.64. The predicted octanol–water partition coefficient (Wildman–Crippen LogP) is 3.88. The third-order valence-electron chi connectivity index (χ3n) is 3.19. The van der Waals surface area contributed by atoms with Gasteiger partial charge in [-0.15, -0.1) is 0 Å². The van der Waals surface area contributed by atoms with Crippen LogP contribution >= 0.6 is 0 Å². The Morgan fingerprint density at radius 2 is 1.95 bits per heavy atom. The molecule has 0 aliphatic rings. The van der Waals surface area contributed by atoms with Crippen LogP contribution in [0.3, 0.4) is 0 Å². The minimum absolute atomic E-state index is 0.136. The molecule has 0 radical (unpaired) electrons. The van der Waals surface area contributed by atoms with Crippen molar-refractivity contribution in [1.29, 1.82) is 0 Å². The highest BCUT2D eigenvalue weighted by molar-refractivity contribution is 5.52. The van der Waals surface area contributed by atoms with Crippen LogP contribution in [0.4, 0.5) is 5.69 Å². The molecule has 100 valence electrons. The van der Waals surface area contributed by atoms with Gasteiger partial charge in [0, 0.05) is 17.8 Å². The Balaban J connectivity index is 2.15. The van der Waals surface area contributed by atoms with Gasteiger partial charge in [0.2, 0.25) is 0 Å². The summed E-state index contributed by atoms with van der Waals surface area (Å²) < 4.78 is 5.22. The summed E-state index contributed by atoms with van der Waals surface area (Å²) in [4.78, 5) is 0. The van der Waals surface area contributed by atoms with E-state index in [2.05, 4.69) is 12.2 Å². The third-order valence-corrected chi connectivity index (χ3v) is 3.19. The molecule has 2 aromatic carbocycles. The zero-order valence-corrected chi connectivity index (χ0v) is 11.5. The van der Waals surface area contributed by atoms with Crippen LogP contribution in [0.5, 0.6) is 11.5 Å². The van der Waals surface area contributed by atoms with Crippen LogP contribution in [0.2, 0.25) is 0 Å². The van der Waals surface area contributed by atoms with Crippen molar-refractivity contribution in [2.24, 2.45) is 0 Å². The average Bonchev–Trinajstić information content (AvgIpc) is 2.43. The lowest BCUT2D eigenvalue weighted by Crippen LogP contribution is -2.06. The van der Waals surface area contributed by atoms with Gasteiger partial charge in [0.05, 0.1) is 7.11 Å². The van der Waals surface area contributed by atoms with Crippen LogP contribution in [0.25, 0.3) is 0 Å². The number of nitrogens with one attached hydrogen (secondary N) is 1. The van der Waals surface area contributed by atoms with E-state index in [1.54, 1.807) is 13.2 Å². The van der Waals surface area contributed by atoms with E-state index in [-0.39, 0.29) is 6.04 Å². The lowest BCUT2D eigenvalue weighted by Gasteiger charge is -2.17. The summed E-state index contributed by atoms with van der Waals surface area (Å²) in [6, 6.07) is 13.7. The monoisotopic (exact) mass is 257 g/mol. The predicted molar refractivity (Wildman–Crippen MR) is 77.9 cm³/mol. The van der Waals surface area contributed by atoms with Gasteiger partial charge < -0.3 is 15.2 Å². The summed E-state index contributed by atoms with van der Waals surface area (Å²) in [5.41, 5.74) is 2.91. The van der Waals surface area contributed by atoms with Gasteiger partial charge >= 0.3 is 0 Å². The number of phenols is 1. The quantitative estimate of drug-likeness (QED) is 0.873. The van der Waals surface area contributed by atoms with Gasteiger partial charge in [-0.1, -0.05) is 18.2 Å². The first kappa shape index (κ1) is 13.3. The van der Waals surface area contributed by atoms with Crippen LogP contribution in [0.15, 0.2) is 42.5 Å². The number of rotatable bonds is 4. The Labute approximate surface area is 113 Å². The van der Waals surface area contributed by atoms with Gasteiger partial charge in [-0.3, -0.25) is 0 Å². The van der Waals surface area contributed by atoms with Gasteiger partial charge in [0.15, 0.2) is 0 Å². The van der Waals surface area contributed by atoms with E-state index in [1.165, 1.54) is 0 Å². The fourth-order valence-corrected chi connectivity index (χ4v) is 1.94. The van der Waals surface area contributed by atoms with Gasteiger partial charge in [0.25, 0.3) is 0 Å². The number of phenolic OH excluding ortho intramolecular Hbond substituents is 1. The van der Waals surface area contributed by atoms with Gasteiger partial charge in [-0.25, -0.2) is 0 Å². The van der Waals surface area contributed by atoms with E-state index in [0.29, 0.717) is 5.75 Å². The highest BCUT2D eigenvalue weighted by atomic mass is 16.5. The van der Waals surface area contributed by atoms with Crippen molar-refractivity contribution in [3.8, 4) is 11.5 Å². The zero-order chi connectivity index (χ0) is 13.8. The standard InChI is InChI=1S/C16H19NO2/c1-11-7-8-14(10-16(11)18)17-12(2)13-5-4-6-15(9-13)19-3/h4-10,12,17-18H,1-3H3. The van der Waals surface area contributed by atoms with E-state index in [1.807, 2.05) is 43.3 Å². The first-order valence-electron chi connectivity index (χ1n) is 6.30. The SMILES string of the molecule is COc1cccc(C(C)Nc2ccc(C)c(O)c2)c1. The number of benzene rings is 2. The molecule has 19 heavy (non-hydrogen) atoms. The lowest BCUT2D eigenvalue weighted by molar-refractivity contribution is 0.414. The Morgan fingerprint density at radius 1 is 1.16 bits per heavy atom. The summed E-state index contributed by atoms with van der Waals surface area (Å²) in [7, 11) is 1.66. The molecule has 0 aromatic heterocycles. The molecule has 3 heteroatoms. The molecule has 1 unspecified atom stereocenters. The molecule has 0 aliphatic carbocycles. The second kappa shape index (κ2) is 5.65. The first-order chi connectivity index (χ1) is 9.10. The average molecular weight is 257 g/mol. The fraction of sp³-hybridized carbons (Fsp3) is 0.250. The number of hydrogen-bond acceptors (Lipinski definition) is 3. The topological polar surface area (TPSA) is 41.5 Å². The van der Waals surface area contributed by atoms with Gasteiger partial charge in [-0.05, 0) is 43.2 Å². The molecule has 2 rings (SSSR count). The summed E-state index contributed by atoms with van der Waals surface area (Å²) >= 11 is 0. The molecule has 2 N–H and O–H groups in total. The van der Waals surface area contributed by atoms with Gasteiger partial charge in [-0.2, -0.15) is 0 Å². The van der Waals surface area contributed by atoms with E-state index in [0.717, 1.165) is 22.6 Å². The molecule has 0 saturated carbocycles. The van der Waals surface area contributed by atoms with Gasteiger partial charge in [0.1, 0.15) is 11.5 Å². The molecule has 0 spiro atoms. The van der Waals surface area contributed by atoms with Crippen molar-refractivity contribution in [1.82, 2.24) is 0 Å². The number of methoxy groups -OCH3 is 1. The Kier molecular flexibility index (Phi) is 3.95. The second-order valence-corrected chi connectivity index (χ2v) is 4.64. The summed E-state index contributed by atoms with van der Waals surface area (Å²) in [5.74, 6) is 1.15. The third kappa shape index (κ3) is 3.19. The smallest absolute Gasteiger partial charge is 0.120 e. The molecular formula is C16H19NO2. The minimum Gasteiger partial charge on any atom is -0.508 e. The summed E-state index contributed by atoms with van der Waals surface area (Å²) in [6.07, 6.45) is 0. The summed E-state index contributed by atoms with van der Waals surface area (Å²) in [6.45, 7) is 3.95. The molecule has 3 nitrogen and oxygen atoms in total. The Bertz CT molecular complexity index is 566. The summed E-state index contributed by atoms with van der Waals surface area (Å²) in [5, 5.41) is 13.1. The number of aromatic hydroxyl groups is 1.